The van der Waals surface area contributed by atoms with Gasteiger partial charge < -0.3 is 4.90 Å². The fraction of sp³-hybridized carbons (Fsp3) is 0.172. The van der Waals surface area contributed by atoms with Crippen molar-refractivity contribution in [1.29, 1.82) is 0 Å². The molecule has 0 fully saturated rings. The van der Waals surface area contributed by atoms with Crippen LogP contribution in [-0.4, -0.2) is 7.05 Å². The summed E-state index contributed by atoms with van der Waals surface area (Å²) in [5, 5.41) is 0. The first-order chi connectivity index (χ1) is 14.5. The summed E-state index contributed by atoms with van der Waals surface area (Å²) in [6.45, 7) is 6.75. The van der Waals surface area contributed by atoms with Crippen LogP contribution in [0.3, 0.4) is 0 Å². The van der Waals surface area contributed by atoms with Crippen LogP contribution in [0.25, 0.3) is 11.1 Å². The molecule has 0 unspecified atom stereocenters. The molecule has 0 aliphatic carbocycles. The number of fused-ring (bicyclic) bond motifs is 2. The van der Waals surface area contributed by atoms with Gasteiger partial charge in [-0.3, -0.25) is 0 Å². The SMILES string of the molecule is Cc1ccc2c(c1)C(C)(c1ccc(-c3ccccc3)cc1)c1cc(C)ccc1N2C. The molecule has 1 heterocycles. The second-order valence-electron chi connectivity index (χ2n) is 8.67. The third-order valence-corrected chi connectivity index (χ3v) is 6.67. The van der Waals surface area contributed by atoms with Gasteiger partial charge in [0.25, 0.3) is 0 Å². The molecule has 0 spiro atoms. The number of aryl methyl sites for hydroxylation is 2. The molecule has 0 saturated carbocycles. The van der Waals surface area contributed by atoms with E-state index < -0.39 is 0 Å². The zero-order valence-electron chi connectivity index (χ0n) is 18.1. The van der Waals surface area contributed by atoms with Crippen molar-refractivity contribution in [2.75, 3.05) is 11.9 Å². The third kappa shape index (κ3) is 2.77. The zero-order chi connectivity index (χ0) is 20.9. The molecule has 5 rings (SSSR count). The molecular formula is C29H27N. The Labute approximate surface area is 179 Å². The van der Waals surface area contributed by atoms with Crippen molar-refractivity contribution < 1.29 is 0 Å². The fourth-order valence-corrected chi connectivity index (χ4v) is 4.90. The van der Waals surface area contributed by atoms with Crippen molar-refractivity contribution in [1.82, 2.24) is 0 Å². The Hall–Kier alpha value is -3.32. The lowest BCUT2D eigenvalue weighted by Gasteiger charge is -2.43. The third-order valence-electron chi connectivity index (χ3n) is 6.67. The first-order valence-electron chi connectivity index (χ1n) is 10.6. The van der Waals surface area contributed by atoms with Crippen LogP contribution in [0.1, 0.15) is 34.7 Å². The summed E-state index contributed by atoms with van der Waals surface area (Å²) in [6.07, 6.45) is 0. The van der Waals surface area contributed by atoms with E-state index in [2.05, 4.69) is 124 Å². The van der Waals surface area contributed by atoms with E-state index in [9.17, 15) is 0 Å². The average Bonchev–Trinajstić information content (AvgIpc) is 2.78. The van der Waals surface area contributed by atoms with Crippen LogP contribution in [0.15, 0.2) is 91.0 Å². The van der Waals surface area contributed by atoms with Crippen LogP contribution in [0.4, 0.5) is 11.4 Å². The smallest absolute Gasteiger partial charge is 0.0464 e. The highest BCUT2D eigenvalue weighted by atomic mass is 15.1. The zero-order valence-corrected chi connectivity index (χ0v) is 18.1. The quantitative estimate of drug-likeness (QED) is 0.345. The van der Waals surface area contributed by atoms with E-state index >= 15 is 0 Å². The molecule has 0 bridgehead atoms. The molecule has 0 atom stereocenters. The van der Waals surface area contributed by atoms with Gasteiger partial charge in [0, 0.05) is 23.8 Å². The van der Waals surface area contributed by atoms with Crippen LogP contribution in [0.5, 0.6) is 0 Å². The Morgan fingerprint density at radius 2 is 1.10 bits per heavy atom. The fourth-order valence-electron chi connectivity index (χ4n) is 4.90. The molecule has 1 heteroatoms. The van der Waals surface area contributed by atoms with Crippen LogP contribution < -0.4 is 4.90 Å². The summed E-state index contributed by atoms with van der Waals surface area (Å²) in [5.41, 5.74) is 11.5. The number of benzene rings is 4. The van der Waals surface area contributed by atoms with Gasteiger partial charge in [0.05, 0.1) is 0 Å². The maximum Gasteiger partial charge on any atom is 0.0464 e. The van der Waals surface area contributed by atoms with Gasteiger partial charge in [0.15, 0.2) is 0 Å². The number of anilines is 2. The average molecular weight is 390 g/mol. The van der Waals surface area contributed by atoms with E-state index in [0.29, 0.717) is 0 Å². The predicted molar refractivity (Wildman–Crippen MR) is 128 cm³/mol. The van der Waals surface area contributed by atoms with Gasteiger partial charge in [-0.2, -0.15) is 0 Å². The minimum absolute atomic E-state index is 0.204. The highest BCUT2D eigenvalue weighted by Gasteiger charge is 2.40. The summed E-state index contributed by atoms with van der Waals surface area (Å²) in [7, 11) is 2.18. The summed E-state index contributed by atoms with van der Waals surface area (Å²) >= 11 is 0. The standard InChI is InChI=1S/C29H27N/c1-20-10-16-27-25(18-20)29(3,26-19-21(2)11-17-28(26)30(27)4)24-14-12-23(13-15-24)22-8-6-5-7-9-22/h5-19H,1-4H3. The first kappa shape index (κ1) is 18.7. The number of nitrogens with zero attached hydrogens (tertiary/aromatic N) is 1. The van der Waals surface area contributed by atoms with Gasteiger partial charge in [0.2, 0.25) is 0 Å². The molecule has 148 valence electrons. The van der Waals surface area contributed by atoms with Gasteiger partial charge in [-0.25, -0.2) is 0 Å². The lowest BCUT2D eigenvalue weighted by atomic mass is 9.67. The Morgan fingerprint density at radius 1 is 0.600 bits per heavy atom. The monoisotopic (exact) mass is 389 g/mol. The summed E-state index contributed by atoms with van der Waals surface area (Å²) in [4.78, 5) is 2.34. The Kier molecular flexibility index (Phi) is 4.29. The Bertz CT molecular complexity index is 1170. The van der Waals surface area contributed by atoms with Gasteiger partial charge in [-0.05, 0) is 60.7 Å². The lowest BCUT2D eigenvalue weighted by molar-refractivity contribution is 0.677. The van der Waals surface area contributed by atoms with Crippen LogP contribution in [0, 0.1) is 13.8 Å². The maximum atomic E-state index is 2.38. The Morgan fingerprint density at radius 3 is 1.63 bits per heavy atom. The number of rotatable bonds is 2. The highest BCUT2D eigenvalue weighted by Crippen LogP contribution is 2.52. The van der Waals surface area contributed by atoms with Crippen molar-refractivity contribution in [2.45, 2.75) is 26.2 Å². The van der Waals surface area contributed by atoms with Crippen molar-refractivity contribution in [3.8, 4) is 11.1 Å². The van der Waals surface area contributed by atoms with E-state index in [-0.39, 0.29) is 5.41 Å². The molecule has 4 aromatic carbocycles. The number of hydrogen-bond acceptors (Lipinski definition) is 1. The molecule has 0 N–H and O–H groups in total. The largest absolute Gasteiger partial charge is 0.344 e. The van der Waals surface area contributed by atoms with Gasteiger partial charge in [-0.1, -0.05) is 90.0 Å². The second-order valence-corrected chi connectivity index (χ2v) is 8.67. The van der Waals surface area contributed by atoms with E-state index in [1.165, 1.54) is 50.3 Å². The molecule has 0 amide bonds. The van der Waals surface area contributed by atoms with Crippen LogP contribution in [-0.2, 0) is 5.41 Å². The Balaban J connectivity index is 1.74. The minimum Gasteiger partial charge on any atom is -0.344 e. The van der Waals surface area contributed by atoms with Crippen molar-refractivity contribution in [2.24, 2.45) is 0 Å². The number of hydrogen-bond donors (Lipinski definition) is 0. The van der Waals surface area contributed by atoms with E-state index in [4.69, 9.17) is 0 Å². The van der Waals surface area contributed by atoms with E-state index in [1.807, 2.05) is 0 Å². The van der Waals surface area contributed by atoms with Gasteiger partial charge in [0.1, 0.15) is 0 Å². The summed E-state index contributed by atoms with van der Waals surface area (Å²) in [6, 6.07) is 33.4. The van der Waals surface area contributed by atoms with E-state index in [0.717, 1.165) is 0 Å². The maximum absolute atomic E-state index is 2.38. The van der Waals surface area contributed by atoms with Crippen LogP contribution in [0.2, 0.25) is 0 Å². The van der Waals surface area contributed by atoms with Crippen molar-refractivity contribution in [3.63, 3.8) is 0 Å². The molecular weight excluding hydrogens is 362 g/mol. The molecule has 4 aromatic rings. The second kappa shape index (κ2) is 6.88. The predicted octanol–water partition coefficient (Wildman–Crippen LogP) is 7.41. The molecule has 1 aliphatic rings. The highest BCUT2D eigenvalue weighted by molar-refractivity contribution is 5.80. The van der Waals surface area contributed by atoms with E-state index in [1.54, 1.807) is 0 Å². The normalized spacial score (nSPS) is 14.2. The first-order valence-corrected chi connectivity index (χ1v) is 10.6. The lowest BCUT2D eigenvalue weighted by Crippen LogP contribution is -2.34. The van der Waals surface area contributed by atoms with Crippen LogP contribution >= 0.6 is 0 Å². The molecule has 0 saturated heterocycles. The molecule has 0 radical (unpaired) electrons. The minimum atomic E-state index is -0.204. The van der Waals surface area contributed by atoms with Crippen molar-refractivity contribution in [3.05, 3.63) is 119 Å². The van der Waals surface area contributed by atoms with Gasteiger partial charge in [-0.15, -0.1) is 0 Å². The summed E-state index contributed by atoms with van der Waals surface area (Å²) in [5.74, 6) is 0. The molecule has 0 aromatic heterocycles. The van der Waals surface area contributed by atoms with Gasteiger partial charge >= 0.3 is 0 Å². The topological polar surface area (TPSA) is 3.24 Å². The summed E-state index contributed by atoms with van der Waals surface area (Å²) < 4.78 is 0. The molecule has 1 nitrogen and oxygen atoms in total. The molecule has 30 heavy (non-hydrogen) atoms. The van der Waals surface area contributed by atoms with Crippen molar-refractivity contribution >= 4 is 11.4 Å². The molecule has 1 aliphatic heterocycles.